The van der Waals surface area contributed by atoms with Gasteiger partial charge in [0.25, 0.3) is 5.91 Å². The lowest BCUT2D eigenvalue weighted by Crippen LogP contribution is -2.42. The number of benzene rings is 2. The second-order valence-corrected chi connectivity index (χ2v) is 6.40. The molecule has 1 aromatic heterocycles. The molecule has 0 unspecified atom stereocenters. The average molecular weight is 370 g/mol. The number of hydrogen-bond donors (Lipinski definition) is 0. The van der Waals surface area contributed by atoms with Crippen LogP contribution >= 0.6 is 0 Å². The maximum Gasteiger partial charge on any atom is 0.346 e. The number of aromatic nitrogens is 3. The number of carbonyl (C=O) groups is 1. The minimum absolute atomic E-state index is 0.0600. The van der Waals surface area contributed by atoms with Crippen LogP contribution in [0.1, 0.15) is 21.7 Å². The molecule has 0 atom stereocenters. The third kappa shape index (κ3) is 3.38. The number of fused-ring (bicyclic) bond motifs is 1. The molecule has 0 bridgehead atoms. The summed E-state index contributed by atoms with van der Waals surface area (Å²) in [5, 5.41) is 4.17. The molecule has 27 heavy (non-hydrogen) atoms. The molecule has 4 rings (SSSR count). The predicted molar refractivity (Wildman–Crippen MR) is 93.1 cm³/mol. The standard InChI is InChI=1S/C19H16F2N4O2/c20-15-6-4-13(5-7-15)12-25-19(27)24-9-8-23(18(26)17(24)22-25)11-14-2-1-3-16(21)10-14/h1-7,10H,8-9,11-12H2. The van der Waals surface area contributed by atoms with Crippen molar-refractivity contribution in [3.05, 3.63) is 87.6 Å². The molecule has 2 heterocycles. The monoisotopic (exact) mass is 370 g/mol. The molecule has 0 fully saturated rings. The van der Waals surface area contributed by atoms with Gasteiger partial charge in [-0.15, -0.1) is 5.10 Å². The smallest absolute Gasteiger partial charge is 0.330 e. The van der Waals surface area contributed by atoms with E-state index < -0.39 is 0 Å². The van der Waals surface area contributed by atoms with Crippen molar-refractivity contribution in [1.82, 2.24) is 19.2 Å². The number of amides is 1. The maximum atomic E-state index is 13.4. The van der Waals surface area contributed by atoms with E-state index in [1.807, 2.05) is 0 Å². The van der Waals surface area contributed by atoms with Gasteiger partial charge in [-0.3, -0.25) is 9.36 Å². The summed E-state index contributed by atoms with van der Waals surface area (Å²) in [6, 6.07) is 11.8. The molecule has 0 aliphatic carbocycles. The zero-order chi connectivity index (χ0) is 19.0. The summed E-state index contributed by atoms with van der Waals surface area (Å²) in [5.41, 5.74) is 0.996. The van der Waals surface area contributed by atoms with Gasteiger partial charge in [-0.1, -0.05) is 24.3 Å². The molecule has 2 aromatic carbocycles. The second kappa shape index (κ2) is 6.79. The van der Waals surface area contributed by atoms with Crippen molar-refractivity contribution < 1.29 is 13.6 Å². The normalized spacial score (nSPS) is 13.7. The Balaban J connectivity index is 1.57. The van der Waals surface area contributed by atoms with Gasteiger partial charge in [0.15, 0.2) is 0 Å². The molecule has 0 spiro atoms. The Hall–Kier alpha value is -3.29. The molecule has 138 valence electrons. The maximum absolute atomic E-state index is 13.4. The molecule has 8 heteroatoms. The Morgan fingerprint density at radius 3 is 2.41 bits per heavy atom. The molecule has 0 saturated carbocycles. The summed E-state index contributed by atoms with van der Waals surface area (Å²) in [5.74, 6) is -1.04. The van der Waals surface area contributed by atoms with Crippen LogP contribution in [0.15, 0.2) is 53.3 Å². The van der Waals surface area contributed by atoms with Gasteiger partial charge in [0.2, 0.25) is 5.82 Å². The topological polar surface area (TPSA) is 60.1 Å². The zero-order valence-corrected chi connectivity index (χ0v) is 14.3. The lowest BCUT2D eigenvalue weighted by molar-refractivity contribution is 0.0681. The second-order valence-electron chi connectivity index (χ2n) is 6.40. The van der Waals surface area contributed by atoms with E-state index in [0.29, 0.717) is 24.2 Å². The molecular weight excluding hydrogens is 354 g/mol. The molecule has 0 N–H and O–H groups in total. The lowest BCUT2D eigenvalue weighted by atomic mass is 10.2. The van der Waals surface area contributed by atoms with Gasteiger partial charge in [0.05, 0.1) is 6.54 Å². The SMILES string of the molecule is O=C1c2nn(Cc3ccc(F)cc3)c(=O)n2CCN1Cc1cccc(F)c1. The van der Waals surface area contributed by atoms with Gasteiger partial charge in [-0.25, -0.2) is 18.3 Å². The molecule has 0 radical (unpaired) electrons. The molecule has 1 aliphatic heterocycles. The van der Waals surface area contributed by atoms with E-state index in [2.05, 4.69) is 5.10 Å². The molecule has 0 saturated heterocycles. The van der Waals surface area contributed by atoms with Gasteiger partial charge in [0.1, 0.15) is 11.6 Å². The number of nitrogens with zero attached hydrogens (tertiary/aromatic N) is 4. The fraction of sp³-hybridized carbons (Fsp3) is 0.211. The van der Waals surface area contributed by atoms with Crippen LogP contribution < -0.4 is 5.69 Å². The Bertz CT molecular complexity index is 1060. The highest BCUT2D eigenvalue weighted by atomic mass is 19.1. The first-order chi connectivity index (χ1) is 13.0. The summed E-state index contributed by atoms with van der Waals surface area (Å²) < 4.78 is 28.9. The Labute approximate surface area is 153 Å². The van der Waals surface area contributed by atoms with Crippen molar-refractivity contribution in [2.75, 3.05) is 6.54 Å². The van der Waals surface area contributed by atoms with E-state index in [1.165, 1.54) is 33.5 Å². The van der Waals surface area contributed by atoms with Crippen molar-refractivity contribution in [1.29, 1.82) is 0 Å². The van der Waals surface area contributed by atoms with Crippen molar-refractivity contribution in [2.45, 2.75) is 19.6 Å². The minimum atomic E-state index is -0.381. The van der Waals surface area contributed by atoms with Gasteiger partial charge in [-0.05, 0) is 35.4 Å². The minimum Gasteiger partial charge on any atom is -0.330 e. The zero-order valence-electron chi connectivity index (χ0n) is 14.3. The molecule has 3 aromatic rings. The van der Waals surface area contributed by atoms with Crippen molar-refractivity contribution in [3.8, 4) is 0 Å². The third-order valence-electron chi connectivity index (χ3n) is 4.50. The first-order valence-corrected chi connectivity index (χ1v) is 8.47. The van der Waals surface area contributed by atoms with Crippen LogP contribution in [-0.2, 0) is 19.6 Å². The lowest BCUT2D eigenvalue weighted by Gasteiger charge is -2.26. The third-order valence-corrected chi connectivity index (χ3v) is 4.50. The van der Waals surface area contributed by atoms with Gasteiger partial charge in [0, 0.05) is 19.6 Å². The molecular formula is C19H16F2N4O2. The Morgan fingerprint density at radius 1 is 0.889 bits per heavy atom. The number of rotatable bonds is 4. The predicted octanol–water partition coefficient (Wildman–Crippen LogP) is 2.03. The van der Waals surface area contributed by atoms with Gasteiger partial charge < -0.3 is 4.90 Å². The van der Waals surface area contributed by atoms with Crippen LogP contribution in [0.3, 0.4) is 0 Å². The van der Waals surface area contributed by atoms with Crippen LogP contribution in [0, 0.1) is 11.6 Å². The van der Waals surface area contributed by atoms with E-state index in [0.717, 1.165) is 0 Å². The van der Waals surface area contributed by atoms with E-state index in [-0.39, 0.29) is 42.1 Å². The first kappa shape index (κ1) is 17.1. The van der Waals surface area contributed by atoms with E-state index in [9.17, 15) is 18.4 Å². The molecule has 1 aliphatic rings. The highest BCUT2D eigenvalue weighted by Gasteiger charge is 2.29. The Morgan fingerprint density at radius 2 is 1.67 bits per heavy atom. The average Bonchev–Trinajstić information content (AvgIpc) is 2.96. The summed E-state index contributed by atoms with van der Waals surface area (Å²) in [7, 11) is 0. The van der Waals surface area contributed by atoms with E-state index >= 15 is 0 Å². The summed E-state index contributed by atoms with van der Waals surface area (Å²) in [6.07, 6.45) is 0. The fourth-order valence-electron chi connectivity index (χ4n) is 3.14. The fourth-order valence-corrected chi connectivity index (χ4v) is 3.14. The number of halogens is 2. The van der Waals surface area contributed by atoms with Crippen molar-refractivity contribution in [2.24, 2.45) is 0 Å². The first-order valence-electron chi connectivity index (χ1n) is 8.47. The highest BCUT2D eigenvalue weighted by molar-refractivity contribution is 5.91. The Kier molecular flexibility index (Phi) is 4.31. The van der Waals surface area contributed by atoms with Crippen molar-refractivity contribution >= 4 is 5.91 Å². The van der Waals surface area contributed by atoms with E-state index in [1.54, 1.807) is 29.2 Å². The van der Waals surface area contributed by atoms with E-state index in [4.69, 9.17) is 0 Å². The van der Waals surface area contributed by atoms with Crippen molar-refractivity contribution in [3.63, 3.8) is 0 Å². The van der Waals surface area contributed by atoms with Crippen LogP contribution in [0.25, 0.3) is 0 Å². The van der Waals surface area contributed by atoms with Gasteiger partial charge in [-0.2, -0.15) is 0 Å². The summed E-state index contributed by atoms with van der Waals surface area (Å²) >= 11 is 0. The largest absolute Gasteiger partial charge is 0.346 e. The molecule has 1 amide bonds. The summed E-state index contributed by atoms with van der Waals surface area (Å²) in [6.45, 7) is 1.05. The number of hydrogen-bond acceptors (Lipinski definition) is 3. The molecule has 6 nitrogen and oxygen atoms in total. The van der Waals surface area contributed by atoms with Crippen LogP contribution in [0.5, 0.6) is 0 Å². The summed E-state index contributed by atoms with van der Waals surface area (Å²) in [4.78, 5) is 26.8. The van der Waals surface area contributed by atoms with Crippen LogP contribution in [-0.4, -0.2) is 31.7 Å². The van der Waals surface area contributed by atoms with Crippen LogP contribution in [0.4, 0.5) is 8.78 Å². The van der Waals surface area contributed by atoms with Crippen LogP contribution in [0.2, 0.25) is 0 Å². The quantitative estimate of drug-likeness (QED) is 0.706. The van der Waals surface area contributed by atoms with Gasteiger partial charge >= 0.3 is 5.69 Å². The number of carbonyl (C=O) groups excluding carboxylic acids is 1. The highest BCUT2D eigenvalue weighted by Crippen LogP contribution is 2.14.